The van der Waals surface area contributed by atoms with Gasteiger partial charge in [-0.05, 0) is 55.5 Å². The lowest BCUT2D eigenvalue weighted by atomic mass is 10.0. The highest BCUT2D eigenvalue weighted by Crippen LogP contribution is 2.38. The molecule has 1 amide bonds. The molecule has 1 unspecified atom stereocenters. The van der Waals surface area contributed by atoms with Crippen molar-refractivity contribution in [1.29, 1.82) is 0 Å². The van der Waals surface area contributed by atoms with Crippen molar-refractivity contribution in [2.24, 2.45) is 0 Å². The molecule has 0 aliphatic carbocycles. The summed E-state index contributed by atoms with van der Waals surface area (Å²) in [5.74, 6) is 1.54. The molecule has 3 rings (SSSR count). The summed E-state index contributed by atoms with van der Waals surface area (Å²) in [7, 11) is 3.31. The van der Waals surface area contributed by atoms with Crippen LogP contribution in [0.15, 0.2) is 30.3 Å². The summed E-state index contributed by atoms with van der Waals surface area (Å²) >= 11 is 6.39. The van der Waals surface area contributed by atoms with Gasteiger partial charge >= 0.3 is 0 Å². The van der Waals surface area contributed by atoms with E-state index in [2.05, 4.69) is 24.1 Å². The highest BCUT2D eigenvalue weighted by Gasteiger charge is 2.30. The molecule has 2 aromatic rings. The first kappa shape index (κ1) is 22.4. The van der Waals surface area contributed by atoms with Gasteiger partial charge in [0.1, 0.15) is 11.5 Å². The van der Waals surface area contributed by atoms with Gasteiger partial charge in [0.15, 0.2) is 0 Å². The van der Waals surface area contributed by atoms with Gasteiger partial charge in [-0.1, -0.05) is 37.6 Å². The van der Waals surface area contributed by atoms with Crippen molar-refractivity contribution in [2.75, 3.05) is 32.6 Å². The number of halogens is 1. The molecule has 1 aliphatic heterocycles. The molecular weight excluding hydrogens is 400 g/mol. The fourth-order valence-electron chi connectivity index (χ4n) is 4.29. The van der Waals surface area contributed by atoms with E-state index in [4.69, 9.17) is 21.1 Å². The lowest BCUT2D eigenvalue weighted by molar-refractivity contribution is -0.117. The highest BCUT2D eigenvalue weighted by molar-refractivity contribution is 6.32. The number of hydrogen-bond donors (Lipinski definition) is 1. The van der Waals surface area contributed by atoms with E-state index < -0.39 is 0 Å². The van der Waals surface area contributed by atoms with Crippen LogP contribution in [0.4, 0.5) is 5.69 Å². The Balaban J connectivity index is 1.78. The molecule has 5 nitrogen and oxygen atoms in total. The van der Waals surface area contributed by atoms with Crippen LogP contribution in [0.3, 0.4) is 0 Å². The molecule has 0 spiro atoms. The summed E-state index contributed by atoms with van der Waals surface area (Å²) in [5.41, 5.74) is 4.07. The molecule has 1 saturated heterocycles. The first-order valence-corrected chi connectivity index (χ1v) is 11.0. The number of rotatable bonds is 8. The maximum Gasteiger partial charge on any atom is 0.238 e. The molecule has 1 N–H and O–H groups in total. The number of anilines is 1. The Labute approximate surface area is 184 Å². The second kappa shape index (κ2) is 10.2. The first-order chi connectivity index (χ1) is 14.5. The van der Waals surface area contributed by atoms with Gasteiger partial charge in [0.2, 0.25) is 5.91 Å². The molecule has 0 bridgehead atoms. The molecule has 2 aromatic carbocycles. The Hall–Kier alpha value is -2.24. The van der Waals surface area contributed by atoms with Gasteiger partial charge in [0.25, 0.3) is 0 Å². The number of carbonyl (C=O) groups excluding carboxylic acids is 1. The molecular formula is C24H31ClN2O3. The van der Waals surface area contributed by atoms with Crippen LogP contribution in [-0.2, 0) is 17.6 Å². The second-order valence-electron chi connectivity index (χ2n) is 7.55. The van der Waals surface area contributed by atoms with Crippen LogP contribution in [0.2, 0.25) is 5.02 Å². The van der Waals surface area contributed by atoms with Crippen LogP contribution < -0.4 is 14.8 Å². The van der Waals surface area contributed by atoms with E-state index in [0.717, 1.165) is 66.1 Å². The Morgan fingerprint density at radius 1 is 1.17 bits per heavy atom. The van der Waals surface area contributed by atoms with Crippen LogP contribution >= 0.6 is 11.6 Å². The van der Waals surface area contributed by atoms with E-state index in [9.17, 15) is 4.79 Å². The average molecular weight is 431 g/mol. The number of hydrogen-bond acceptors (Lipinski definition) is 4. The molecule has 1 fully saturated rings. The summed E-state index contributed by atoms with van der Waals surface area (Å²) < 4.78 is 10.9. The van der Waals surface area contributed by atoms with E-state index in [-0.39, 0.29) is 11.9 Å². The highest BCUT2D eigenvalue weighted by atomic mass is 35.5. The van der Waals surface area contributed by atoms with Gasteiger partial charge in [-0.25, -0.2) is 0 Å². The number of aryl methyl sites for hydroxylation is 1. The summed E-state index contributed by atoms with van der Waals surface area (Å²) in [4.78, 5) is 15.2. The van der Waals surface area contributed by atoms with E-state index in [1.807, 2.05) is 30.3 Å². The van der Waals surface area contributed by atoms with Crippen LogP contribution in [0.25, 0.3) is 0 Å². The number of carbonyl (C=O) groups is 1. The Kier molecular flexibility index (Phi) is 7.62. The normalized spacial score (nSPS) is 16.5. The number of nitrogens with one attached hydrogen (secondary N) is 1. The van der Waals surface area contributed by atoms with E-state index in [0.29, 0.717) is 11.6 Å². The van der Waals surface area contributed by atoms with Crippen molar-refractivity contribution >= 4 is 23.2 Å². The monoisotopic (exact) mass is 430 g/mol. The van der Waals surface area contributed by atoms with Crippen LogP contribution in [-0.4, -0.2) is 38.1 Å². The van der Waals surface area contributed by atoms with Gasteiger partial charge in [0, 0.05) is 28.4 Å². The molecule has 1 atom stereocenters. The van der Waals surface area contributed by atoms with Gasteiger partial charge in [-0.3, -0.25) is 9.69 Å². The van der Waals surface area contributed by atoms with Gasteiger partial charge < -0.3 is 14.8 Å². The minimum Gasteiger partial charge on any atom is -0.497 e. The Morgan fingerprint density at radius 2 is 1.97 bits per heavy atom. The lowest BCUT2D eigenvalue weighted by Gasteiger charge is -2.26. The van der Waals surface area contributed by atoms with Crippen molar-refractivity contribution in [2.45, 2.75) is 45.6 Å². The number of methoxy groups -OCH3 is 2. The van der Waals surface area contributed by atoms with Crippen molar-refractivity contribution in [3.8, 4) is 11.5 Å². The molecule has 1 heterocycles. The molecule has 1 aliphatic rings. The molecule has 30 heavy (non-hydrogen) atoms. The number of amides is 1. The Morgan fingerprint density at radius 3 is 2.63 bits per heavy atom. The zero-order chi connectivity index (χ0) is 21.7. The van der Waals surface area contributed by atoms with Crippen molar-refractivity contribution in [3.05, 3.63) is 52.0 Å². The summed E-state index contributed by atoms with van der Waals surface area (Å²) in [6.45, 7) is 5.36. The predicted molar refractivity (Wildman–Crippen MR) is 122 cm³/mol. The van der Waals surface area contributed by atoms with Crippen molar-refractivity contribution in [3.63, 3.8) is 0 Å². The third kappa shape index (κ3) is 4.73. The molecule has 162 valence electrons. The molecule has 0 radical (unpaired) electrons. The average Bonchev–Trinajstić information content (AvgIpc) is 3.21. The fraction of sp³-hybridized carbons (Fsp3) is 0.458. The minimum absolute atomic E-state index is 0.0129. The maximum absolute atomic E-state index is 13.0. The standard InChI is InChI=1S/C24H31ClN2O3/c1-5-16-9-12-20(25)18(6-2)24(16)26-23(28)15-27-13-7-8-21(27)19-11-10-17(29-3)14-22(19)30-4/h9-12,14,21H,5-8,13,15H2,1-4H3,(H,26,28). The Bertz CT molecular complexity index is 900. The zero-order valence-corrected chi connectivity index (χ0v) is 19.0. The van der Waals surface area contributed by atoms with Gasteiger partial charge in [-0.15, -0.1) is 0 Å². The third-order valence-corrected chi connectivity index (χ3v) is 6.21. The van der Waals surface area contributed by atoms with Crippen molar-refractivity contribution in [1.82, 2.24) is 4.90 Å². The molecule has 0 aromatic heterocycles. The van der Waals surface area contributed by atoms with Gasteiger partial charge in [0.05, 0.1) is 20.8 Å². The number of benzene rings is 2. The molecule has 6 heteroatoms. The summed E-state index contributed by atoms with van der Waals surface area (Å²) in [6.07, 6.45) is 3.66. The fourth-order valence-corrected chi connectivity index (χ4v) is 4.58. The SMILES string of the molecule is CCc1ccc(Cl)c(CC)c1NC(=O)CN1CCCC1c1ccc(OC)cc1OC. The van der Waals surface area contributed by atoms with Crippen LogP contribution in [0, 0.1) is 0 Å². The topological polar surface area (TPSA) is 50.8 Å². The molecule has 0 saturated carbocycles. The van der Waals surface area contributed by atoms with E-state index in [1.165, 1.54) is 0 Å². The smallest absolute Gasteiger partial charge is 0.238 e. The van der Waals surface area contributed by atoms with Crippen LogP contribution in [0.1, 0.15) is 49.4 Å². The first-order valence-electron chi connectivity index (χ1n) is 10.6. The van der Waals surface area contributed by atoms with Crippen molar-refractivity contribution < 1.29 is 14.3 Å². The second-order valence-corrected chi connectivity index (χ2v) is 7.96. The van der Waals surface area contributed by atoms with Crippen LogP contribution in [0.5, 0.6) is 11.5 Å². The predicted octanol–water partition coefficient (Wildman–Crippen LogP) is 5.26. The third-order valence-electron chi connectivity index (χ3n) is 5.85. The maximum atomic E-state index is 13.0. The zero-order valence-electron chi connectivity index (χ0n) is 18.3. The number of nitrogens with zero attached hydrogens (tertiary/aromatic N) is 1. The largest absolute Gasteiger partial charge is 0.497 e. The summed E-state index contributed by atoms with van der Waals surface area (Å²) in [5, 5.41) is 3.85. The number of likely N-dealkylation sites (tertiary alicyclic amines) is 1. The quantitative estimate of drug-likeness (QED) is 0.620. The number of ether oxygens (including phenoxy) is 2. The minimum atomic E-state index is -0.0129. The van der Waals surface area contributed by atoms with E-state index in [1.54, 1.807) is 14.2 Å². The summed E-state index contributed by atoms with van der Waals surface area (Å²) in [6, 6.07) is 9.95. The van der Waals surface area contributed by atoms with Gasteiger partial charge in [-0.2, -0.15) is 0 Å². The van der Waals surface area contributed by atoms with E-state index >= 15 is 0 Å². The lowest BCUT2D eigenvalue weighted by Crippen LogP contribution is -2.33.